The Morgan fingerprint density at radius 1 is 1.14 bits per heavy atom. The SMILES string of the molecule is Bc1cnn2c(NCc3ccc(NOC)cc3)cc(-c3ccccc3Cl)nc12. The molecule has 0 saturated heterocycles. The van der Waals surface area contributed by atoms with E-state index in [1.54, 1.807) is 7.11 Å². The van der Waals surface area contributed by atoms with Crippen molar-refractivity contribution >= 4 is 42.1 Å². The van der Waals surface area contributed by atoms with Crippen LogP contribution in [0.1, 0.15) is 5.56 Å². The first-order valence-corrected chi connectivity index (χ1v) is 9.25. The van der Waals surface area contributed by atoms with E-state index in [9.17, 15) is 0 Å². The number of benzene rings is 2. The average molecular weight is 392 g/mol. The molecule has 28 heavy (non-hydrogen) atoms. The average Bonchev–Trinajstić information content (AvgIpc) is 3.09. The summed E-state index contributed by atoms with van der Waals surface area (Å²) in [6.45, 7) is 0.646. The molecule has 0 saturated carbocycles. The second kappa shape index (κ2) is 7.92. The third-order valence-corrected chi connectivity index (χ3v) is 4.78. The van der Waals surface area contributed by atoms with Crippen molar-refractivity contribution in [1.82, 2.24) is 14.6 Å². The Balaban J connectivity index is 1.67. The molecule has 140 valence electrons. The molecule has 2 aromatic carbocycles. The molecule has 4 aromatic rings. The highest BCUT2D eigenvalue weighted by atomic mass is 35.5. The Morgan fingerprint density at radius 2 is 1.93 bits per heavy atom. The number of fused-ring (bicyclic) bond motifs is 1. The molecule has 6 nitrogen and oxygen atoms in total. The minimum absolute atomic E-state index is 0.646. The van der Waals surface area contributed by atoms with Crippen LogP contribution in [0.3, 0.4) is 0 Å². The maximum Gasteiger partial charge on any atom is 0.151 e. The van der Waals surface area contributed by atoms with E-state index in [1.807, 2.05) is 73.2 Å². The summed E-state index contributed by atoms with van der Waals surface area (Å²) < 4.78 is 1.82. The largest absolute Gasteiger partial charge is 0.366 e. The van der Waals surface area contributed by atoms with Crippen LogP contribution in [-0.4, -0.2) is 29.6 Å². The zero-order chi connectivity index (χ0) is 19.5. The van der Waals surface area contributed by atoms with Gasteiger partial charge in [0, 0.05) is 29.4 Å². The zero-order valence-electron chi connectivity index (χ0n) is 15.6. The fourth-order valence-electron chi connectivity index (χ4n) is 3.01. The number of hydrogen-bond donors (Lipinski definition) is 2. The van der Waals surface area contributed by atoms with E-state index in [-0.39, 0.29) is 0 Å². The molecule has 0 spiro atoms. The predicted octanol–water partition coefficient (Wildman–Crippen LogP) is 2.89. The van der Waals surface area contributed by atoms with Crippen molar-refractivity contribution in [2.45, 2.75) is 6.54 Å². The number of hydrogen-bond acceptors (Lipinski definition) is 5. The van der Waals surface area contributed by atoms with Gasteiger partial charge in [-0.05, 0) is 29.2 Å². The molecule has 0 atom stereocenters. The maximum atomic E-state index is 6.39. The zero-order valence-corrected chi connectivity index (χ0v) is 16.4. The second-order valence-corrected chi connectivity index (χ2v) is 6.83. The minimum Gasteiger partial charge on any atom is -0.366 e. The number of anilines is 2. The van der Waals surface area contributed by atoms with Gasteiger partial charge >= 0.3 is 0 Å². The third kappa shape index (κ3) is 3.67. The minimum atomic E-state index is 0.646. The lowest BCUT2D eigenvalue weighted by Gasteiger charge is -2.12. The summed E-state index contributed by atoms with van der Waals surface area (Å²) in [4.78, 5) is 9.68. The van der Waals surface area contributed by atoms with Gasteiger partial charge in [0.05, 0.1) is 18.5 Å². The quantitative estimate of drug-likeness (QED) is 0.391. The Hall–Kier alpha value is -3.03. The first kappa shape index (κ1) is 18.3. The van der Waals surface area contributed by atoms with E-state index in [0.717, 1.165) is 39.4 Å². The second-order valence-electron chi connectivity index (χ2n) is 6.43. The van der Waals surface area contributed by atoms with Gasteiger partial charge in [-0.25, -0.2) is 4.98 Å². The van der Waals surface area contributed by atoms with Gasteiger partial charge in [0.1, 0.15) is 13.7 Å². The molecule has 4 rings (SSSR count). The van der Waals surface area contributed by atoms with E-state index in [4.69, 9.17) is 21.4 Å². The number of nitrogens with one attached hydrogen (secondary N) is 2. The van der Waals surface area contributed by atoms with Gasteiger partial charge in [-0.15, -0.1) is 0 Å². The Kier molecular flexibility index (Phi) is 5.19. The molecular formula is C20H19BClN5O. The van der Waals surface area contributed by atoms with Gasteiger partial charge in [0.25, 0.3) is 0 Å². The van der Waals surface area contributed by atoms with E-state index in [2.05, 4.69) is 15.9 Å². The fourth-order valence-corrected chi connectivity index (χ4v) is 3.24. The fraction of sp³-hybridized carbons (Fsp3) is 0.100. The van der Waals surface area contributed by atoms with Crippen molar-refractivity contribution in [2.75, 3.05) is 17.9 Å². The molecule has 0 aliphatic carbocycles. The topological polar surface area (TPSA) is 63.5 Å². The van der Waals surface area contributed by atoms with Crippen molar-refractivity contribution < 1.29 is 4.84 Å². The molecule has 0 aliphatic rings. The Bertz CT molecular complexity index is 1110. The van der Waals surface area contributed by atoms with Crippen LogP contribution in [0.15, 0.2) is 60.8 Å². The highest BCUT2D eigenvalue weighted by Gasteiger charge is 2.12. The lowest BCUT2D eigenvalue weighted by molar-refractivity contribution is 0.271. The summed E-state index contributed by atoms with van der Waals surface area (Å²) in [5, 5.41) is 8.59. The van der Waals surface area contributed by atoms with E-state index in [1.165, 1.54) is 0 Å². The molecule has 2 aromatic heterocycles. The van der Waals surface area contributed by atoms with Crippen molar-refractivity contribution in [3.8, 4) is 11.3 Å². The number of halogens is 1. The van der Waals surface area contributed by atoms with Gasteiger partial charge in [-0.1, -0.05) is 41.9 Å². The van der Waals surface area contributed by atoms with Crippen LogP contribution in [0, 0.1) is 0 Å². The Morgan fingerprint density at radius 3 is 2.68 bits per heavy atom. The van der Waals surface area contributed by atoms with Crippen molar-refractivity contribution in [3.63, 3.8) is 0 Å². The standard InChI is InChI=1S/C20H19BClN5O/c1-28-26-14-8-6-13(7-9-14)11-23-19-10-18(15-4-2-3-5-17(15)22)25-20-16(21)12-24-27(19)20/h2-10,12,23,26H,11,21H2,1H3. The predicted molar refractivity (Wildman–Crippen MR) is 116 cm³/mol. The lowest BCUT2D eigenvalue weighted by Crippen LogP contribution is -2.09. The number of aromatic nitrogens is 3. The first-order valence-electron chi connectivity index (χ1n) is 8.88. The summed E-state index contributed by atoms with van der Waals surface area (Å²) in [7, 11) is 3.59. The number of nitrogens with zero attached hydrogens (tertiary/aromatic N) is 3. The van der Waals surface area contributed by atoms with Crippen molar-refractivity contribution in [1.29, 1.82) is 0 Å². The van der Waals surface area contributed by atoms with Crippen LogP contribution in [0.25, 0.3) is 16.9 Å². The van der Waals surface area contributed by atoms with Crippen LogP contribution in [-0.2, 0) is 11.4 Å². The molecule has 0 radical (unpaired) electrons. The van der Waals surface area contributed by atoms with Gasteiger partial charge < -0.3 is 5.32 Å². The third-order valence-electron chi connectivity index (χ3n) is 4.45. The number of rotatable bonds is 6. The van der Waals surface area contributed by atoms with E-state index in [0.29, 0.717) is 11.6 Å². The smallest absolute Gasteiger partial charge is 0.151 e. The summed E-state index contributed by atoms with van der Waals surface area (Å²) in [5.41, 5.74) is 8.36. The normalized spacial score (nSPS) is 10.9. The maximum absolute atomic E-state index is 6.39. The molecular weight excluding hydrogens is 373 g/mol. The molecule has 2 N–H and O–H groups in total. The van der Waals surface area contributed by atoms with Crippen LogP contribution in [0.4, 0.5) is 11.5 Å². The molecule has 0 bridgehead atoms. The molecule has 0 amide bonds. The van der Waals surface area contributed by atoms with Crippen LogP contribution in [0.5, 0.6) is 0 Å². The summed E-state index contributed by atoms with van der Waals surface area (Å²) >= 11 is 6.39. The summed E-state index contributed by atoms with van der Waals surface area (Å²) in [5.74, 6) is 0.854. The lowest BCUT2D eigenvalue weighted by atomic mass is 10.0. The summed E-state index contributed by atoms with van der Waals surface area (Å²) in [6.07, 6.45) is 1.81. The van der Waals surface area contributed by atoms with Crippen LogP contribution < -0.4 is 16.3 Å². The van der Waals surface area contributed by atoms with E-state index < -0.39 is 0 Å². The molecule has 0 unspecified atom stereocenters. The summed E-state index contributed by atoms with van der Waals surface area (Å²) in [6, 6.07) is 17.7. The van der Waals surface area contributed by atoms with E-state index >= 15 is 0 Å². The van der Waals surface area contributed by atoms with Crippen molar-refractivity contribution in [3.05, 3.63) is 71.4 Å². The molecule has 8 heteroatoms. The molecule has 2 heterocycles. The molecule has 0 fully saturated rings. The highest BCUT2D eigenvalue weighted by molar-refractivity contribution is 6.36. The van der Waals surface area contributed by atoms with Gasteiger partial charge in [-0.2, -0.15) is 9.61 Å². The highest BCUT2D eigenvalue weighted by Crippen LogP contribution is 2.28. The van der Waals surface area contributed by atoms with Gasteiger partial charge in [0.2, 0.25) is 0 Å². The molecule has 0 aliphatic heterocycles. The van der Waals surface area contributed by atoms with Gasteiger partial charge in [-0.3, -0.25) is 10.3 Å². The van der Waals surface area contributed by atoms with Crippen molar-refractivity contribution in [2.24, 2.45) is 0 Å². The monoisotopic (exact) mass is 391 g/mol. The van der Waals surface area contributed by atoms with Crippen LogP contribution in [0.2, 0.25) is 5.02 Å². The Labute approximate surface area is 168 Å². The first-order chi connectivity index (χ1) is 13.7. The van der Waals surface area contributed by atoms with Gasteiger partial charge in [0.15, 0.2) is 5.65 Å². The van der Waals surface area contributed by atoms with Crippen LogP contribution >= 0.6 is 11.6 Å².